The summed E-state index contributed by atoms with van der Waals surface area (Å²) in [4.78, 5) is 22.5. The number of ether oxygens (including phenoxy) is 1. The fraction of sp³-hybridized carbons (Fsp3) is 0.667. The van der Waals surface area contributed by atoms with E-state index >= 15 is 0 Å². The summed E-state index contributed by atoms with van der Waals surface area (Å²) in [7, 11) is -1.79. The van der Waals surface area contributed by atoms with Crippen LogP contribution in [0, 0.1) is 0 Å². The summed E-state index contributed by atoms with van der Waals surface area (Å²) in [5.74, 6) is 0. The molecule has 132 valence electrons. The van der Waals surface area contributed by atoms with Gasteiger partial charge in [-0.05, 0) is 18.6 Å². The van der Waals surface area contributed by atoms with Gasteiger partial charge in [0.1, 0.15) is 12.3 Å². The second-order valence-electron chi connectivity index (χ2n) is 7.06. The number of nitrogens with zero attached hydrogens (tertiary/aromatic N) is 3. The third-order valence-electron chi connectivity index (χ3n) is 4.89. The number of rotatable bonds is 5. The van der Waals surface area contributed by atoms with Crippen molar-refractivity contribution in [1.29, 1.82) is 0 Å². The normalized spacial score (nSPS) is 25.0. The average molecular weight is 352 g/mol. The summed E-state index contributed by atoms with van der Waals surface area (Å²) in [6.07, 6.45) is 1.87. The van der Waals surface area contributed by atoms with Gasteiger partial charge in [0.05, 0.1) is 25.4 Å². The van der Waals surface area contributed by atoms with E-state index in [1.54, 1.807) is 4.57 Å². The minimum atomic E-state index is -1.79. The second-order valence-corrected chi connectivity index (χ2v) is 11.7. The van der Waals surface area contributed by atoms with Crippen molar-refractivity contribution < 1.29 is 14.3 Å². The summed E-state index contributed by atoms with van der Waals surface area (Å²) in [6.45, 7) is 9.01. The molecule has 0 amide bonds. The molecule has 2 aromatic heterocycles. The number of aliphatic hydroxyl groups is 1. The van der Waals surface area contributed by atoms with Gasteiger partial charge in [0.25, 0.3) is 5.56 Å². The Balaban J connectivity index is 1.73. The average Bonchev–Trinajstić information content (AvgIpc) is 3.09. The van der Waals surface area contributed by atoms with Gasteiger partial charge < -0.3 is 19.3 Å². The fourth-order valence-corrected chi connectivity index (χ4v) is 3.50. The van der Waals surface area contributed by atoms with E-state index in [1.165, 1.54) is 12.7 Å². The van der Waals surface area contributed by atoms with Crippen LogP contribution in [0.25, 0.3) is 11.2 Å². The first-order valence-electron chi connectivity index (χ1n) is 8.17. The van der Waals surface area contributed by atoms with Crippen LogP contribution in [0.4, 0.5) is 0 Å². The number of hydrogen-bond donors (Lipinski definition) is 2. The van der Waals surface area contributed by atoms with Crippen LogP contribution in [0.5, 0.6) is 0 Å². The molecular formula is C15H24N4O4Si. The Bertz CT molecular complexity index is 772. The van der Waals surface area contributed by atoms with Crippen molar-refractivity contribution in [3.63, 3.8) is 0 Å². The van der Waals surface area contributed by atoms with Gasteiger partial charge in [-0.3, -0.25) is 9.36 Å². The zero-order chi connectivity index (χ0) is 17.5. The molecule has 3 rings (SSSR count). The van der Waals surface area contributed by atoms with E-state index in [1.807, 2.05) is 0 Å². The predicted octanol–water partition coefficient (Wildman–Crippen LogP) is 1.40. The lowest BCUT2D eigenvalue weighted by Gasteiger charge is -2.29. The predicted molar refractivity (Wildman–Crippen MR) is 91.2 cm³/mol. The number of aliphatic hydroxyl groups excluding tert-OH is 1. The van der Waals surface area contributed by atoms with Crippen LogP contribution in [0.2, 0.25) is 18.6 Å². The van der Waals surface area contributed by atoms with Crippen molar-refractivity contribution >= 4 is 19.5 Å². The van der Waals surface area contributed by atoms with Crippen LogP contribution in [-0.2, 0) is 9.16 Å². The van der Waals surface area contributed by atoms with E-state index < -0.39 is 20.6 Å². The first-order valence-corrected chi connectivity index (χ1v) is 11.2. The molecule has 0 spiro atoms. The molecule has 0 saturated carbocycles. The summed E-state index contributed by atoms with van der Waals surface area (Å²) in [6, 6.07) is 0. The molecule has 1 aliphatic heterocycles. The molecule has 2 N–H and O–H groups in total. The standard InChI is InChI=1S/C15H24N4O4Si/c1-9(2)24(3,4)22-6-11-10(20)5-12(23-11)19-8-18-13-14(19)16-7-17-15(13)21/h7-12,20H,5-6H2,1-4H3,(H,16,17,21)/t10-,11+,12+/m0/s1. The van der Waals surface area contributed by atoms with Crippen molar-refractivity contribution in [3.05, 3.63) is 23.0 Å². The molecule has 8 nitrogen and oxygen atoms in total. The van der Waals surface area contributed by atoms with Crippen molar-refractivity contribution in [1.82, 2.24) is 19.5 Å². The molecule has 3 heterocycles. The minimum absolute atomic E-state index is 0.267. The van der Waals surface area contributed by atoms with Crippen LogP contribution in [0.1, 0.15) is 26.5 Å². The van der Waals surface area contributed by atoms with Gasteiger partial charge in [-0.25, -0.2) is 9.97 Å². The largest absolute Gasteiger partial charge is 0.414 e. The lowest BCUT2D eigenvalue weighted by Crippen LogP contribution is -2.39. The van der Waals surface area contributed by atoms with Gasteiger partial charge >= 0.3 is 0 Å². The van der Waals surface area contributed by atoms with Crippen molar-refractivity contribution in [2.45, 2.75) is 57.3 Å². The third kappa shape index (κ3) is 3.16. The van der Waals surface area contributed by atoms with E-state index in [4.69, 9.17) is 9.16 Å². The van der Waals surface area contributed by atoms with E-state index in [0.29, 0.717) is 24.2 Å². The summed E-state index contributed by atoms with van der Waals surface area (Å²) < 4.78 is 13.7. The van der Waals surface area contributed by atoms with Gasteiger partial charge in [0.2, 0.25) is 0 Å². The lowest BCUT2D eigenvalue weighted by atomic mass is 10.2. The van der Waals surface area contributed by atoms with Crippen molar-refractivity contribution in [3.8, 4) is 0 Å². The van der Waals surface area contributed by atoms with Gasteiger partial charge in [-0.1, -0.05) is 13.8 Å². The van der Waals surface area contributed by atoms with Crippen LogP contribution >= 0.6 is 0 Å². The number of aromatic amines is 1. The number of nitrogens with one attached hydrogen (secondary N) is 1. The van der Waals surface area contributed by atoms with Crippen LogP contribution in [0.15, 0.2) is 17.4 Å². The summed E-state index contributed by atoms with van der Waals surface area (Å²) in [5, 5.41) is 10.3. The smallest absolute Gasteiger partial charge is 0.278 e. The molecule has 0 unspecified atom stereocenters. The molecule has 1 aliphatic rings. The van der Waals surface area contributed by atoms with E-state index in [-0.39, 0.29) is 17.2 Å². The van der Waals surface area contributed by atoms with Gasteiger partial charge in [-0.15, -0.1) is 0 Å². The molecule has 0 aliphatic carbocycles. The van der Waals surface area contributed by atoms with Crippen molar-refractivity contribution in [2.75, 3.05) is 6.61 Å². The SMILES string of the molecule is CC(C)[Si](C)(C)OC[C@H]1O[C@@H](n2cnc3c(=O)[nH]cnc32)C[C@@H]1O. The van der Waals surface area contributed by atoms with Crippen LogP contribution in [0.3, 0.4) is 0 Å². The zero-order valence-corrected chi connectivity index (χ0v) is 15.4. The molecular weight excluding hydrogens is 328 g/mol. The van der Waals surface area contributed by atoms with Gasteiger partial charge in [0.15, 0.2) is 19.5 Å². The molecule has 1 saturated heterocycles. The number of fused-ring (bicyclic) bond motifs is 1. The quantitative estimate of drug-likeness (QED) is 0.789. The highest BCUT2D eigenvalue weighted by atomic mass is 28.4. The first kappa shape index (κ1) is 17.3. The molecule has 0 bridgehead atoms. The summed E-state index contributed by atoms with van der Waals surface area (Å²) in [5.41, 5.74) is 0.917. The van der Waals surface area contributed by atoms with Crippen LogP contribution in [-0.4, -0.2) is 51.8 Å². The Morgan fingerprint density at radius 2 is 2.25 bits per heavy atom. The number of H-pyrrole nitrogens is 1. The Kier molecular flexibility index (Phi) is 4.60. The van der Waals surface area contributed by atoms with Gasteiger partial charge in [-0.2, -0.15) is 0 Å². The van der Waals surface area contributed by atoms with E-state index in [2.05, 4.69) is 41.9 Å². The highest BCUT2D eigenvalue weighted by Crippen LogP contribution is 2.31. The first-order chi connectivity index (χ1) is 11.3. The Morgan fingerprint density at radius 1 is 1.50 bits per heavy atom. The Labute approximate surface area is 141 Å². The number of aromatic nitrogens is 4. The molecule has 3 atom stereocenters. The maximum absolute atomic E-state index is 11.7. The number of imidazole rings is 1. The van der Waals surface area contributed by atoms with E-state index in [9.17, 15) is 9.90 Å². The topological polar surface area (TPSA) is 102 Å². The van der Waals surface area contributed by atoms with Crippen LogP contribution < -0.4 is 5.56 Å². The molecule has 9 heteroatoms. The molecule has 0 radical (unpaired) electrons. The highest BCUT2D eigenvalue weighted by molar-refractivity contribution is 6.72. The Hall–Kier alpha value is -1.55. The maximum Gasteiger partial charge on any atom is 0.278 e. The lowest BCUT2D eigenvalue weighted by molar-refractivity contribution is -0.0400. The van der Waals surface area contributed by atoms with E-state index in [0.717, 1.165) is 0 Å². The molecule has 0 aromatic carbocycles. The third-order valence-corrected chi connectivity index (χ3v) is 8.58. The zero-order valence-electron chi connectivity index (χ0n) is 14.4. The number of hydrogen-bond acceptors (Lipinski definition) is 6. The second kappa shape index (κ2) is 6.39. The minimum Gasteiger partial charge on any atom is -0.414 e. The fourth-order valence-electron chi connectivity index (χ4n) is 2.57. The highest BCUT2D eigenvalue weighted by Gasteiger charge is 2.38. The molecule has 1 fully saturated rings. The van der Waals surface area contributed by atoms with Crippen molar-refractivity contribution in [2.24, 2.45) is 0 Å². The maximum atomic E-state index is 11.7. The molecule has 24 heavy (non-hydrogen) atoms. The summed E-state index contributed by atoms with van der Waals surface area (Å²) >= 11 is 0. The van der Waals surface area contributed by atoms with Gasteiger partial charge in [0, 0.05) is 6.42 Å². The molecule has 2 aromatic rings. The Morgan fingerprint density at radius 3 is 2.96 bits per heavy atom. The monoisotopic (exact) mass is 352 g/mol.